The van der Waals surface area contributed by atoms with E-state index < -0.39 is 10.0 Å². The summed E-state index contributed by atoms with van der Waals surface area (Å²) >= 11 is 3.03. The van der Waals surface area contributed by atoms with Gasteiger partial charge in [0.1, 0.15) is 23.8 Å². The molecule has 1 atom stereocenters. The largest absolute Gasteiger partial charge is 0.351 e. The summed E-state index contributed by atoms with van der Waals surface area (Å²) in [6, 6.07) is 18.0. The van der Waals surface area contributed by atoms with Crippen LogP contribution in [0.4, 0.5) is 5.69 Å². The lowest BCUT2D eigenvalue weighted by Gasteiger charge is -2.16. The van der Waals surface area contributed by atoms with Crippen molar-refractivity contribution in [3.05, 3.63) is 75.4 Å². The van der Waals surface area contributed by atoms with Gasteiger partial charge in [0.05, 0.1) is 23.0 Å². The molecule has 0 saturated carbocycles. The first-order valence-electron chi connectivity index (χ1n) is 10.1. The van der Waals surface area contributed by atoms with Crippen molar-refractivity contribution >= 4 is 80.3 Å². The number of nitrogens with zero attached hydrogens (tertiary/aromatic N) is 2. The number of hydrogen-bond donors (Lipinski definition) is 2. The van der Waals surface area contributed by atoms with Gasteiger partial charge in [-0.2, -0.15) is 8.75 Å². The molecular formula is C22H20BIN4O3S2. The number of sulfonamides is 1. The Labute approximate surface area is 210 Å². The first-order chi connectivity index (χ1) is 15.7. The van der Waals surface area contributed by atoms with Gasteiger partial charge in [-0.15, -0.1) is 0 Å². The summed E-state index contributed by atoms with van der Waals surface area (Å²) in [6.07, 6.45) is 0. The number of fused-ring (bicyclic) bond motifs is 1. The third-order valence-electron chi connectivity index (χ3n) is 5.19. The molecule has 0 aliphatic rings. The monoisotopic (exact) mass is 590 g/mol. The lowest BCUT2D eigenvalue weighted by molar-refractivity contribution is 0.0952. The number of aromatic nitrogens is 2. The SMILES string of the molecule is Bc1cccc(C(C)CNC(=O)c2ccc(I)cc2NS(=O)(=O)c2cccc3nsnc23)c1. The molecular weight excluding hydrogens is 570 g/mol. The average molecular weight is 590 g/mol. The van der Waals surface area contributed by atoms with Gasteiger partial charge < -0.3 is 5.32 Å². The highest BCUT2D eigenvalue weighted by atomic mass is 127. The maximum atomic E-state index is 13.2. The van der Waals surface area contributed by atoms with Crippen LogP contribution in [0.3, 0.4) is 0 Å². The highest BCUT2D eigenvalue weighted by Crippen LogP contribution is 2.26. The van der Waals surface area contributed by atoms with Gasteiger partial charge in [0.15, 0.2) is 0 Å². The van der Waals surface area contributed by atoms with Crippen molar-refractivity contribution in [1.29, 1.82) is 0 Å². The van der Waals surface area contributed by atoms with Crippen molar-refractivity contribution in [2.24, 2.45) is 0 Å². The Hall–Kier alpha value is -2.51. The highest BCUT2D eigenvalue weighted by molar-refractivity contribution is 14.1. The minimum atomic E-state index is -3.99. The third-order valence-corrected chi connectivity index (χ3v) is 7.80. The van der Waals surface area contributed by atoms with E-state index in [4.69, 9.17) is 0 Å². The van der Waals surface area contributed by atoms with E-state index in [1.165, 1.54) is 6.07 Å². The molecule has 11 heteroatoms. The van der Waals surface area contributed by atoms with Gasteiger partial charge in [-0.3, -0.25) is 9.52 Å². The zero-order chi connectivity index (χ0) is 23.6. The van der Waals surface area contributed by atoms with Crippen molar-refractivity contribution in [2.75, 3.05) is 11.3 Å². The van der Waals surface area contributed by atoms with E-state index in [1.54, 1.807) is 30.3 Å². The van der Waals surface area contributed by atoms with Gasteiger partial charge in [-0.05, 0) is 64.4 Å². The van der Waals surface area contributed by atoms with Crippen LogP contribution in [-0.4, -0.2) is 37.5 Å². The molecule has 0 radical (unpaired) electrons. The topological polar surface area (TPSA) is 101 Å². The van der Waals surface area contributed by atoms with Crippen LogP contribution in [0.15, 0.2) is 65.6 Å². The Balaban J connectivity index is 1.57. The first-order valence-corrected chi connectivity index (χ1v) is 13.4. The normalized spacial score (nSPS) is 12.4. The molecule has 4 rings (SSSR count). The van der Waals surface area contributed by atoms with Gasteiger partial charge in [0.2, 0.25) is 0 Å². The number of hydrogen-bond acceptors (Lipinski definition) is 6. The van der Waals surface area contributed by atoms with Crippen molar-refractivity contribution < 1.29 is 13.2 Å². The molecule has 0 fully saturated rings. The van der Waals surface area contributed by atoms with Crippen LogP contribution in [0.25, 0.3) is 11.0 Å². The smallest absolute Gasteiger partial charge is 0.264 e. The van der Waals surface area contributed by atoms with Crippen LogP contribution < -0.4 is 15.5 Å². The average Bonchev–Trinajstić information content (AvgIpc) is 3.26. The summed E-state index contributed by atoms with van der Waals surface area (Å²) in [7, 11) is -1.96. The molecule has 33 heavy (non-hydrogen) atoms. The fourth-order valence-corrected chi connectivity index (χ4v) is 5.76. The molecule has 3 aromatic carbocycles. The van der Waals surface area contributed by atoms with Crippen molar-refractivity contribution in [2.45, 2.75) is 17.7 Å². The van der Waals surface area contributed by atoms with Gasteiger partial charge >= 0.3 is 0 Å². The fraction of sp³-hybridized carbons (Fsp3) is 0.136. The van der Waals surface area contributed by atoms with Crippen molar-refractivity contribution in [3.63, 3.8) is 0 Å². The number of rotatable bonds is 7. The van der Waals surface area contributed by atoms with Gasteiger partial charge in [-0.25, -0.2) is 8.42 Å². The first kappa shape index (κ1) is 23.6. The number of anilines is 1. The number of benzene rings is 3. The van der Waals surface area contributed by atoms with E-state index in [-0.39, 0.29) is 28.0 Å². The molecule has 1 aromatic heterocycles. The number of carbonyl (C=O) groups is 1. The molecule has 7 nitrogen and oxygen atoms in total. The number of carbonyl (C=O) groups excluding carboxylic acids is 1. The third kappa shape index (κ3) is 5.36. The zero-order valence-electron chi connectivity index (χ0n) is 17.9. The van der Waals surface area contributed by atoms with E-state index in [1.807, 2.05) is 33.0 Å². The standard InChI is InChI=1S/C22H20BIN4O3S2/c1-13(14-4-2-5-15(23)10-14)12-25-22(29)17-9-8-16(24)11-19(17)28-33(30,31)20-7-3-6-18-21(20)27-32-26-18/h2-11,13,28H,12,23H2,1H3,(H,25,29). The minimum Gasteiger partial charge on any atom is -0.351 e. The Morgan fingerprint density at radius 2 is 1.91 bits per heavy atom. The van der Waals surface area contributed by atoms with Crippen LogP contribution in [0.2, 0.25) is 0 Å². The predicted molar refractivity (Wildman–Crippen MR) is 143 cm³/mol. The molecule has 0 bridgehead atoms. The molecule has 0 aliphatic carbocycles. The molecule has 168 valence electrons. The lowest BCUT2D eigenvalue weighted by atomic mass is 9.90. The van der Waals surface area contributed by atoms with Gasteiger partial charge in [0.25, 0.3) is 15.9 Å². The second-order valence-electron chi connectivity index (χ2n) is 7.71. The van der Waals surface area contributed by atoms with Crippen molar-refractivity contribution in [1.82, 2.24) is 14.1 Å². The second-order valence-corrected chi connectivity index (χ2v) is 11.1. The Bertz CT molecular complexity index is 1440. The summed E-state index contributed by atoms with van der Waals surface area (Å²) in [4.78, 5) is 13.0. The summed E-state index contributed by atoms with van der Waals surface area (Å²) in [5.41, 5.74) is 3.56. The molecule has 0 saturated heterocycles. The molecule has 1 unspecified atom stereocenters. The van der Waals surface area contributed by atoms with Crippen LogP contribution in [-0.2, 0) is 10.0 Å². The van der Waals surface area contributed by atoms with E-state index >= 15 is 0 Å². The Morgan fingerprint density at radius 3 is 2.70 bits per heavy atom. The maximum Gasteiger partial charge on any atom is 0.264 e. The molecule has 1 amide bonds. The summed E-state index contributed by atoms with van der Waals surface area (Å²) in [6.45, 7) is 2.46. The van der Waals surface area contributed by atoms with Crippen LogP contribution >= 0.6 is 34.3 Å². The maximum absolute atomic E-state index is 13.2. The van der Waals surface area contributed by atoms with Crippen LogP contribution in [0, 0.1) is 3.57 Å². The second kappa shape index (κ2) is 9.78. The summed E-state index contributed by atoms with van der Waals surface area (Å²) in [5.74, 6) is -0.246. The van der Waals surface area contributed by atoms with Crippen LogP contribution in [0.5, 0.6) is 0 Å². The Kier molecular flexibility index (Phi) is 7.01. The summed E-state index contributed by atoms with van der Waals surface area (Å²) in [5, 5.41) is 2.93. The summed E-state index contributed by atoms with van der Waals surface area (Å²) < 4.78 is 37.9. The van der Waals surface area contributed by atoms with Crippen LogP contribution in [0.1, 0.15) is 28.8 Å². The van der Waals surface area contributed by atoms with E-state index in [0.717, 1.165) is 26.3 Å². The molecule has 4 aromatic rings. The lowest BCUT2D eigenvalue weighted by Crippen LogP contribution is -2.29. The molecule has 2 N–H and O–H groups in total. The van der Waals surface area contributed by atoms with Crippen molar-refractivity contribution in [3.8, 4) is 0 Å². The minimum absolute atomic E-state index is 0.0204. The molecule has 0 spiro atoms. The van der Waals surface area contributed by atoms with Gasteiger partial charge in [-0.1, -0.05) is 42.7 Å². The van der Waals surface area contributed by atoms with Gasteiger partial charge in [0, 0.05) is 10.1 Å². The van der Waals surface area contributed by atoms with E-state index in [2.05, 4.69) is 47.4 Å². The van der Waals surface area contributed by atoms with E-state index in [9.17, 15) is 13.2 Å². The molecule has 0 aliphatic heterocycles. The molecule has 1 heterocycles. The quantitative estimate of drug-likeness (QED) is 0.255. The number of halogens is 1. The zero-order valence-corrected chi connectivity index (χ0v) is 21.7. The Morgan fingerprint density at radius 1 is 1.12 bits per heavy atom. The number of amides is 1. The fourth-order valence-electron chi connectivity index (χ4n) is 3.43. The van der Waals surface area contributed by atoms with E-state index in [0.29, 0.717) is 17.6 Å². The predicted octanol–water partition coefficient (Wildman–Crippen LogP) is 2.89. The highest BCUT2D eigenvalue weighted by Gasteiger charge is 2.23. The number of nitrogens with one attached hydrogen (secondary N) is 2.